The van der Waals surface area contributed by atoms with Crippen molar-refractivity contribution in [2.45, 2.75) is 37.8 Å². The number of fused-ring (bicyclic) bond motifs is 2. The third-order valence-electron chi connectivity index (χ3n) is 4.61. The molecule has 2 aliphatic rings. The lowest BCUT2D eigenvalue weighted by Crippen LogP contribution is -2.56. The van der Waals surface area contributed by atoms with Crippen molar-refractivity contribution in [2.75, 3.05) is 20.8 Å². The molecule has 0 spiro atoms. The summed E-state index contributed by atoms with van der Waals surface area (Å²) in [6.07, 6.45) is 5.40. The summed E-state index contributed by atoms with van der Waals surface area (Å²) in [5.74, 6) is 0.0792. The minimum Gasteiger partial charge on any atom is -0.469 e. The molecule has 2 saturated heterocycles. The number of esters is 2. The summed E-state index contributed by atoms with van der Waals surface area (Å²) in [6.45, 7) is 4.19. The van der Waals surface area contributed by atoms with E-state index in [4.69, 9.17) is 9.47 Å². The van der Waals surface area contributed by atoms with Crippen molar-refractivity contribution in [2.24, 2.45) is 11.8 Å². The number of piperidine rings is 2. The molecule has 20 heavy (non-hydrogen) atoms. The maximum absolute atomic E-state index is 11.8. The summed E-state index contributed by atoms with van der Waals surface area (Å²) in [4.78, 5) is 25.5. The highest BCUT2D eigenvalue weighted by atomic mass is 16.5. The van der Waals surface area contributed by atoms with Crippen LogP contribution in [-0.4, -0.2) is 49.7 Å². The van der Waals surface area contributed by atoms with Crippen LogP contribution in [0.2, 0.25) is 0 Å². The van der Waals surface area contributed by atoms with Crippen LogP contribution < -0.4 is 0 Å². The normalized spacial score (nSPS) is 33.3. The van der Waals surface area contributed by atoms with Gasteiger partial charge in [0, 0.05) is 12.1 Å². The molecule has 0 N–H and O–H groups in total. The van der Waals surface area contributed by atoms with Crippen molar-refractivity contribution in [1.82, 2.24) is 4.90 Å². The van der Waals surface area contributed by atoms with Crippen molar-refractivity contribution in [3.05, 3.63) is 12.7 Å². The lowest BCUT2D eigenvalue weighted by molar-refractivity contribution is -0.152. The second-order valence-corrected chi connectivity index (χ2v) is 5.71. The summed E-state index contributed by atoms with van der Waals surface area (Å²) in [7, 11) is 2.84. The van der Waals surface area contributed by atoms with Crippen molar-refractivity contribution in [3.8, 4) is 0 Å². The Labute approximate surface area is 119 Å². The second kappa shape index (κ2) is 6.39. The van der Waals surface area contributed by atoms with E-state index in [1.54, 1.807) is 0 Å². The molecule has 0 saturated carbocycles. The van der Waals surface area contributed by atoms with Crippen molar-refractivity contribution in [3.63, 3.8) is 0 Å². The van der Waals surface area contributed by atoms with Crippen LogP contribution in [0.3, 0.4) is 0 Å². The molecule has 2 rings (SSSR count). The first-order chi connectivity index (χ1) is 9.58. The van der Waals surface area contributed by atoms with Crippen molar-refractivity contribution < 1.29 is 19.1 Å². The molecule has 2 aliphatic heterocycles. The SMILES string of the molecule is C=CC1CC2CC(C(=O)OC)CC(C1)N2CC(=O)OC. The third-order valence-corrected chi connectivity index (χ3v) is 4.61. The summed E-state index contributed by atoms with van der Waals surface area (Å²) < 4.78 is 9.65. The predicted octanol–water partition coefficient (Wildman–Crippen LogP) is 1.38. The van der Waals surface area contributed by atoms with E-state index in [-0.39, 0.29) is 29.9 Å². The minimum atomic E-state index is -0.214. The average molecular weight is 281 g/mol. The van der Waals surface area contributed by atoms with Gasteiger partial charge in [-0.25, -0.2) is 0 Å². The molecule has 0 aromatic rings. The molecule has 5 nitrogen and oxygen atoms in total. The molecule has 112 valence electrons. The van der Waals surface area contributed by atoms with Crippen LogP contribution in [0.5, 0.6) is 0 Å². The highest BCUT2D eigenvalue weighted by Gasteiger charge is 2.44. The van der Waals surface area contributed by atoms with E-state index in [1.165, 1.54) is 14.2 Å². The van der Waals surface area contributed by atoms with Gasteiger partial charge in [0.2, 0.25) is 0 Å². The second-order valence-electron chi connectivity index (χ2n) is 5.71. The summed E-state index contributed by atoms with van der Waals surface area (Å²) in [5, 5.41) is 0. The molecule has 0 aliphatic carbocycles. The fraction of sp³-hybridized carbons (Fsp3) is 0.733. The van der Waals surface area contributed by atoms with Crippen molar-refractivity contribution in [1.29, 1.82) is 0 Å². The Morgan fingerprint density at radius 2 is 1.75 bits per heavy atom. The Morgan fingerprint density at radius 3 is 2.20 bits per heavy atom. The third kappa shape index (κ3) is 3.03. The summed E-state index contributed by atoms with van der Waals surface area (Å²) in [5.41, 5.74) is 0. The molecule has 0 radical (unpaired) electrons. The lowest BCUT2D eigenvalue weighted by atomic mass is 9.74. The van der Waals surface area contributed by atoms with Crippen LogP contribution in [0.1, 0.15) is 25.7 Å². The van der Waals surface area contributed by atoms with Gasteiger partial charge in [-0.15, -0.1) is 6.58 Å². The van der Waals surface area contributed by atoms with E-state index in [9.17, 15) is 9.59 Å². The maximum Gasteiger partial charge on any atom is 0.319 e. The van der Waals surface area contributed by atoms with E-state index in [1.807, 2.05) is 6.08 Å². The van der Waals surface area contributed by atoms with Gasteiger partial charge in [0.25, 0.3) is 0 Å². The first kappa shape index (κ1) is 15.0. The van der Waals surface area contributed by atoms with Crippen LogP contribution in [0.4, 0.5) is 0 Å². The standard InChI is InChI=1S/C15H23NO4/c1-4-10-5-12-7-11(15(18)20-3)8-13(6-10)16(12)9-14(17)19-2/h4,10-13H,1,5-9H2,2-3H3. The number of methoxy groups -OCH3 is 2. The van der Waals surface area contributed by atoms with E-state index in [0.717, 1.165) is 25.7 Å². The fourth-order valence-corrected chi connectivity index (χ4v) is 3.60. The Kier molecular flexibility index (Phi) is 4.81. The number of nitrogens with zero attached hydrogens (tertiary/aromatic N) is 1. The zero-order valence-corrected chi connectivity index (χ0v) is 12.2. The smallest absolute Gasteiger partial charge is 0.319 e. The predicted molar refractivity (Wildman–Crippen MR) is 74.0 cm³/mol. The number of hydrogen-bond donors (Lipinski definition) is 0. The number of hydrogen-bond acceptors (Lipinski definition) is 5. The number of rotatable bonds is 4. The molecule has 5 heteroatoms. The fourth-order valence-electron chi connectivity index (χ4n) is 3.60. The van der Waals surface area contributed by atoms with Crippen LogP contribution in [0, 0.1) is 11.8 Å². The number of carbonyl (C=O) groups excluding carboxylic acids is 2. The van der Waals surface area contributed by atoms with E-state index in [2.05, 4.69) is 11.5 Å². The van der Waals surface area contributed by atoms with Gasteiger partial charge >= 0.3 is 11.9 Å². The molecular formula is C15H23NO4. The lowest BCUT2D eigenvalue weighted by Gasteiger charge is -2.49. The summed E-state index contributed by atoms with van der Waals surface area (Å²) in [6, 6.07) is 0.461. The Balaban J connectivity index is 2.11. The number of allylic oxidation sites excluding steroid dienone is 1. The molecule has 0 amide bonds. The zero-order chi connectivity index (χ0) is 14.7. The van der Waals surface area contributed by atoms with Gasteiger partial charge < -0.3 is 9.47 Å². The van der Waals surface area contributed by atoms with Crippen LogP contribution >= 0.6 is 0 Å². The van der Waals surface area contributed by atoms with E-state index >= 15 is 0 Å². The van der Waals surface area contributed by atoms with Crippen LogP contribution in [0.15, 0.2) is 12.7 Å². The maximum atomic E-state index is 11.8. The highest BCUT2D eigenvalue weighted by molar-refractivity contribution is 5.73. The van der Waals surface area contributed by atoms with Gasteiger partial charge in [-0.05, 0) is 31.6 Å². The van der Waals surface area contributed by atoms with Gasteiger partial charge in [-0.1, -0.05) is 6.08 Å². The first-order valence-electron chi connectivity index (χ1n) is 7.12. The van der Waals surface area contributed by atoms with Crippen LogP contribution in [-0.2, 0) is 19.1 Å². The molecule has 2 bridgehead atoms. The topological polar surface area (TPSA) is 55.8 Å². The van der Waals surface area contributed by atoms with Crippen molar-refractivity contribution >= 4 is 11.9 Å². The van der Waals surface area contributed by atoms with E-state index in [0.29, 0.717) is 12.5 Å². The summed E-state index contributed by atoms with van der Waals surface area (Å²) >= 11 is 0. The van der Waals surface area contributed by atoms with Crippen LogP contribution in [0.25, 0.3) is 0 Å². The number of carbonyl (C=O) groups is 2. The Bertz CT molecular complexity index is 379. The Hall–Kier alpha value is -1.36. The molecule has 2 fully saturated rings. The zero-order valence-electron chi connectivity index (χ0n) is 12.2. The molecule has 2 heterocycles. The molecule has 0 aromatic carbocycles. The molecule has 2 atom stereocenters. The monoisotopic (exact) mass is 281 g/mol. The first-order valence-corrected chi connectivity index (χ1v) is 7.12. The molecule has 2 unspecified atom stereocenters. The van der Waals surface area contributed by atoms with Gasteiger partial charge in [-0.2, -0.15) is 0 Å². The number of ether oxygens (including phenoxy) is 2. The largest absolute Gasteiger partial charge is 0.469 e. The Morgan fingerprint density at radius 1 is 1.15 bits per heavy atom. The van der Waals surface area contributed by atoms with Gasteiger partial charge in [0.1, 0.15) is 0 Å². The van der Waals surface area contributed by atoms with Gasteiger partial charge in [-0.3, -0.25) is 14.5 Å². The molecular weight excluding hydrogens is 258 g/mol. The highest BCUT2D eigenvalue weighted by Crippen LogP contribution is 2.40. The van der Waals surface area contributed by atoms with Gasteiger partial charge in [0.15, 0.2) is 0 Å². The minimum absolute atomic E-state index is 0.0466. The quantitative estimate of drug-likeness (QED) is 0.575. The average Bonchev–Trinajstić information content (AvgIpc) is 2.45. The van der Waals surface area contributed by atoms with Gasteiger partial charge in [0.05, 0.1) is 26.7 Å². The molecule has 0 aromatic heterocycles. The van der Waals surface area contributed by atoms with E-state index < -0.39 is 0 Å².